The molecule has 8 heteroatoms. The summed E-state index contributed by atoms with van der Waals surface area (Å²) in [6.45, 7) is 4.57. The molecule has 0 saturated carbocycles. The maximum atomic E-state index is 12.9. The molecule has 7 nitrogen and oxygen atoms in total. The molecule has 1 fully saturated rings. The second-order valence-electron chi connectivity index (χ2n) is 6.02. The van der Waals surface area contributed by atoms with Gasteiger partial charge in [-0.1, -0.05) is 12.1 Å². The molecule has 0 atom stereocenters. The van der Waals surface area contributed by atoms with E-state index in [4.69, 9.17) is 4.42 Å². The van der Waals surface area contributed by atoms with Gasteiger partial charge in [0.15, 0.2) is 11.4 Å². The van der Waals surface area contributed by atoms with Crippen molar-refractivity contribution in [1.82, 2.24) is 19.4 Å². The number of aromatic nitrogens is 3. The molecule has 3 heterocycles. The molecule has 1 aromatic carbocycles. The average molecular weight is 343 g/mol. The molecule has 1 aliphatic heterocycles. The van der Waals surface area contributed by atoms with Crippen molar-refractivity contribution in [1.29, 1.82) is 0 Å². The van der Waals surface area contributed by atoms with Gasteiger partial charge in [-0.25, -0.2) is 19.2 Å². The van der Waals surface area contributed by atoms with Crippen molar-refractivity contribution in [3.63, 3.8) is 0 Å². The Bertz CT molecular complexity index is 913. The minimum Gasteiger partial charge on any atom is -0.408 e. The Hall–Kier alpha value is -2.74. The summed E-state index contributed by atoms with van der Waals surface area (Å²) in [5.74, 6) is -0.196. The van der Waals surface area contributed by atoms with Gasteiger partial charge in [-0.05, 0) is 12.1 Å². The Labute approximate surface area is 143 Å². The molecule has 1 saturated heterocycles. The molecule has 130 valence electrons. The molecule has 1 aliphatic rings. The number of nitrogens with zero attached hydrogens (tertiary/aromatic N) is 5. The van der Waals surface area contributed by atoms with Crippen LogP contribution >= 0.6 is 0 Å². The van der Waals surface area contributed by atoms with E-state index in [1.165, 1.54) is 12.4 Å². The van der Waals surface area contributed by atoms with Gasteiger partial charge in [-0.3, -0.25) is 9.47 Å². The zero-order valence-corrected chi connectivity index (χ0v) is 13.6. The highest BCUT2D eigenvalue weighted by atomic mass is 19.1. The van der Waals surface area contributed by atoms with Crippen molar-refractivity contribution >= 4 is 17.0 Å². The fourth-order valence-corrected chi connectivity index (χ4v) is 3.11. The third-order valence-electron chi connectivity index (χ3n) is 4.48. The number of anilines is 1. The standard InChI is InChI=1S/C17H18FN5O2/c18-13-11-19-16(20-12-13)22-8-5-21(6-9-22)7-10-23-14-3-1-2-4-15(14)25-17(23)24/h1-4,11-12H,5-10H2. The first-order valence-electron chi connectivity index (χ1n) is 8.24. The number of fused-ring (bicyclic) bond motifs is 1. The quantitative estimate of drug-likeness (QED) is 0.712. The summed E-state index contributed by atoms with van der Waals surface area (Å²) < 4.78 is 19.8. The third kappa shape index (κ3) is 3.25. The minimum absolute atomic E-state index is 0.320. The molecule has 25 heavy (non-hydrogen) atoms. The zero-order chi connectivity index (χ0) is 17.2. The molecule has 0 unspecified atom stereocenters. The number of hydrogen-bond donors (Lipinski definition) is 0. The Morgan fingerprint density at radius 3 is 2.52 bits per heavy atom. The third-order valence-corrected chi connectivity index (χ3v) is 4.48. The van der Waals surface area contributed by atoms with Gasteiger partial charge < -0.3 is 9.32 Å². The normalized spacial score (nSPS) is 15.8. The zero-order valence-electron chi connectivity index (χ0n) is 13.6. The smallest absolute Gasteiger partial charge is 0.408 e. The number of rotatable bonds is 4. The summed E-state index contributed by atoms with van der Waals surface area (Å²) in [7, 11) is 0. The van der Waals surface area contributed by atoms with Crippen molar-refractivity contribution < 1.29 is 8.81 Å². The van der Waals surface area contributed by atoms with Crippen molar-refractivity contribution in [2.75, 3.05) is 37.6 Å². The maximum Gasteiger partial charge on any atom is 0.419 e. The van der Waals surface area contributed by atoms with Gasteiger partial charge in [0.1, 0.15) is 0 Å². The Morgan fingerprint density at radius 1 is 1.04 bits per heavy atom. The molecular formula is C17H18FN5O2. The molecule has 0 bridgehead atoms. The number of hydrogen-bond acceptors (Lipinski definition) is 6. The average Bonchev–Trinajstić information content (AvgIpc) is 2.96. The Kier molecular flexibility index (Phi) is 4.19. The fraction of sp³-hybridized carbons (Fsp3) is 0.353. The van der Waals surface area contributed by atoms with E-state index < -0.39 is 5.82 Å². The van der Waals surface area contributed by atoms with E-state index in [-0.39, 0.29) is 5.76 Å². The van der Waals surface area contributed by atoms with E-state index in [2.05, 4.69) is 14.9 Å². The van der Waals surface area contributed by atoms with E-state index in [9.17, 15) is 9.18 Å². The van der Waals surface area contributed by atoms with Gasteiger partial charge in [0.05, 0.1) is 17.9 Å². The topological polar surface area (TPSA) is 67.4 Å². The van der Waals surface area contributed by atoms with Gasteiger partial charge in [-0.2, -0.15) is 0 Å². The largest absolute Gasteiger partial charge is 0.419 e. The monoisotopic (exact) mass is 343 g/mol. The second-order valence-corrected chi connectivity index (χ2v) is 6.02. The highest BCUT2D eigenvalue weighted by Crippen LogP contribution is 2.13. The highest BCUT2D eigenvalue weighted by molar-refractivity contribution is 5.72. The van der Waals surface area contributed by atoms with E-state index in [1.54, 1.807) is 10.6 Å². The number of benzene rings is 1. The van der Waals surface area contributed by atoms with Gasteiger partial charge in [0.2, 0.25) is 5.95 Å². The van der Waals surface area contributed by atoms with Crippen LogP contribution < -0.4 is 10.7 Å². The minimum atomic E-state index is -0.430. The van der Waals surface area contributed by atoms with Crippen LogP contribution in [0.5, 0.6) is 0 Å². The highest BCUT2D eigenvalue weighted by Gasteiger charge is 2.19. The van der Waals surface area contributed by atoms with Crippen LogP contribution in [0, 0.1) is 5.82 Å². The van der Waals surface area contributed by atoms with Crippen LogP contribution in [-0.4, -0.2) is 52.2 Å². The van der Waals surface area contributed by atoms with Crippen LogP contribution in [0.3, 0.4) is 0 Å². The van der Waals surface area contributed by atoms with Crippen LogP contribution in [0.1, 0.15) is 0 Å². The van der Waals surface area contributed by atoms with Gasteiger partial charge in [0.25, 0.3) is 0 Å². The van der Waals surface area contributed by atoms with Crippen molar-refractivity contribution in [3.05, 3.63) is 53.0 Å². The summed E-state index contributed by atoms with van der Waals surface area (Å²) in [5.41, 5.74) is 1.44. The first-order chi connectivity index (χ1) is 12.2. The summed E-state index contributed by atoms with van der Waals surface area (Å²) in [6.07, 6.45) is 2.37. The predicted molar refractivity (Wildman–Crippen MR) is 91.1 cm³/mol. The lowest BCUT2D eigenvalue weighted by Crippen LogP contribution is -2.48. The lowest BCUT2D eigenvalue weighted by molar-refractivity contribution is 0.245. The molecule has 0 aliphatic carbocycles. The first-order valence-corrected chi connectivity index (χ1v) is 8.24. The first kappa shape index (κ1) is 15.8. The van der Waals surface area contributed by atoms with Crippen molar-refractivity contribution in [3.8, 4) is 0 Å². The molecule has 3 aromatic rings. The number of oxazole rings is 1. The lowest BCUT2D eigenvalue weighted by atomic mass is 10.3. The van der Waals surface area contributed by atoms with E-state index in [0.29, 0.717) is 18.1 Å². The van der Waals surface area contributed by atoms with Crippen LogP contribution in [-0.2, 0) is 6.54 Å². The van der Waals surface area contributed by atoms with Gasteiger partial charge >= 0.3 is 5.76 Å². The predicted octanol–water partition coefficient (Wildman–Crippen LogP) is 1.35. The molecule has 0 N–H and O–H groups in total. The summed E-state index contributed by atoms with van der Waals surface area (Å²) >= 11 is 0. The van der Waals surface area contributed by atoms with E-state index in [0.717, 1.165) is 38.2 Å². The molecule has 0 radical (unpaired) electrons. The lowest BCUT2D eigenvalue weighted by Gasteiger charge is -2.34. The molecule has 0 amide bonds. The molecular weight excluding hydrogens is 325 g/mol. The van der Waals surface area contributed by atoms with Gasteiger partial charge in [0, 0.05) is 39.3 Å². The van der Waals surface area contributed by atoms with E-state index >= 15 is 0 Å². The van der Waals surface area contributed by atoms with Gasteiger partial charge in [-0.15, -0.1) is 0 Å². The summed E-state index contributed by atoms with van der Waals surface area (Å²) in [6, 6.07) is 7.44. The Morgan fingerprint density at radius 2 is 1.76 bits per heavy atom. The molecule has 2 aromatic heterocycles. The summed E-state index contributed by atoms with van der Waals surface area (Å²) in [4.78, 5) is 24.4. The number of halogens is 1. The van der Waals surface area contributed by atoms with E-state index in [1.807, 2.05) is 23.1 Å². The van der Waals surface area contributed by atoms with Crippen LogP contribution in [0.15, 0.2) is 45.9 Å². The van der Waals surface area contributed by atoms with Crippen molar-refractivity contribution in [2.24, 2.45) is 0 Å². The molecule has 0 spiro atoms. The number of piperazine rings is 1. The fourth-order valence-electron chi connectivity index (χ4n) is 3.11. The summed E-state index contributed by atoms with van der Waals surface area (Å²) in [5, 5.41) is 0. The second kappa shape index (κ2) is 6.64. The number of para-hydroxylation sites is 2. The van der Waals surface area contributed by atoms with Crippen LogP contribution in [0.25, 0.3) is 11.1 Å². The molecule has 4 rings (SSSR count). The Balaban J connectivity index is 1.36. The van der Waals surface area contributed by atoms with Crippen LogP contribution in [0.4, 0.5) is 10.3 Å². The van der Waals surface area contributed by atoms with Crippen molar-refractivity contribution in [2.45, 2.75) is 6.54 Å². The maximum absolute atomic E-state index is 12.9. The SMILES string of the molecule is O=c1oc2ccccc2n1CCN1CCN(c2ncc(F)cn2)CC1. The van der Waals surface area contributed by atoms with Crippen LogP contribution in [0.2, 0.25) is 0 Å².